The summed E-state index contributed by atoms with van der Waals surface area (Å²) in [5, 5.41) is 1.55. The zero-order valence-corrected chi connectivity index (χ0v) is 9.46. The lowest BCUT2D eigenvalue weighted by atomic mass is 10.1. The molecule has 0 atom stereocenters. The van der Waals surface area contributed by atoms with E-state index in [2.05, 4.69) is 16.8 Å². The molecule has 1 heterocycles. The van der Waals surface area contributed by atoms with Gasteiger partial charge in [0.15, 0.2) is 0 Å². The summed E-state index contributed by atoms with van der Waals surface area (Å²) in [7, 11) is 0. The zero-order chi connectivity index (χ0) is 11.4. The van der Waals surface area contributed by atoms with Crippen LogP contribution in [0.3, 0.4) is 0 Å². The van der Waals surface area contributed by atoms with Crippen LogP contribution in [0.15, 0.2) is 30.3 Å². The summed E-state index contributed by atoms with van der Waals surface area (Å²) < 4.78 is 0. The summed E-state index contributed by atoms with van der Waals surface area (Å²) in [6.45, 7) is 0.595. The molecule has 0 spiro atoms. The van der Waals surface area contributed by atoms with Crippen LogP contribution in [0.1, 0.15) is 12.0 Å². The van der Waals surface area contributed by atoms with Crippen molar-refractivity contribution in [2.24, 2.45) is 5.73 Å². The second-order valence-corrected chi connectivity index (χ2v) is 3.77. The van der Waals surface area contributed by atoms with Crippen LogP contribution in [0.25, 0.3) is 10.9 Å². The molecule has 2 N–H and O–H groups in total. The Bertz CT molecular complexity index is 567. The lowest BCUT2D eigenvalue weighted by Crippen LogP contribution is -1.95. The maximum absolute atomic E-state index is 5.81. The van der Waals surface area contributed by atoms with Gasteiger partial charge < -0.3 is 5.73 Å². The SMILES string of the molecule is NCCC#Cc1ccc2nc(Cl)ccc2c1. The topological polar surface area (TPSA) is 38.9 Å². The van der Waals surface area contributed by atoms with Crippen LogP contribution >= 0.6 is 11.6 Å². The van der Waals surface area contributed by atoms with Gasteiger partial charge in [-0.3, -0.25) is 0 Å². The first-order chi connectivity index (χ1) is 7.79. The van der Waals surface area contributed by atoms with Gasteiger partial charge in [-0.25, -0.2) is 4.98 Å². The van der Waals surface area contributed by atoms with Crippen LogP contribution in [0.5, 0.6) is 0 Å². The first-order valence-corrected chi connectivity index (χ1v) is 5.42. The van der Waals surface area contributed by atoms with Gasteiger partial charge in [0.2, 0.25) is 0 Å². The van der Waals surface area contributed by atoms with Gasteiger partial charge in [-0.05, 0) is 30.3 Å². The van der Waals surface area contributed by atoms with E-state index in [1.807, 2.05) is 24.3 Å². The number of halogens is 1. The fourth-order valence-corrected chi connectivity index (χ4v) is 1.57. The summed E-state index contributed by atoms with van der Waals surface area (Å²) in [6.07, 6.45) is 0.719. The minimum Gasteiger partial charge on any atom is -0.330 e. The highest BCUT2D eigenvalue weighted by atomic mass is 35.5. The minimum atomic E-state index is 0.509. The number of hydrogen-bond acceptors (Lipinski definition) is 2. The maximum atomic E-state index is 5.81. The zero-order valence-electron chi connectivity index (χ0n) is 8.70. The van der Waals surface area contributed by atoms with E-state index in [-0.39, 0.29) is 0 Å². The largest absolute Gasteiger partial charge is 0.330 e. The van der Waals surface area contributed by atoms with Gasteiger partial charge in [0, 0.05) is 23.9 Å². The highest BCUT2D eigenvalue weighted by Gasteiger charge is 1.96. The third-order valence-electron chi connectivity index (χ3n) is 2.16. The van der Waals surface area contributed by atoms with Crippen molar-refractivity contribution in [3.63, 3.8) is 0 Å². The maximum Gasteiger partial charge on any atom is 0.129 e. The van der Waals surface area contributed by atoms with E-state index >= 15 is 0 Å². The third-order valence-corrected chi connectivity index (χ3v) is 2.37. The van der Waals surface area contributed by atoms with E-state index in [0.29, 0.717) is 11.7 Å². The van der Waals surface area contributed by atoms with Crippen LogP contribution in [0, 0.1) is 11.8 Å². The van der Waals surface area contributed by atoms with Crippen molar-refractivity contribution in [1.82, 2.24) is 4.98 Å². The van der Waals surface area contributed by atoms with E-state index in [1.165, 1.54) is 0 Å². The standard InChI is InChI=1S/C13H11ClN2/c14-13-7-5-11-9-10(3-1-2-8-15)4-6-12(11)16-13/h4-7,9H,2,8,15H2. The summed E-state index contributed by atoms with van der Waals surface area (Å²) in [5.74, 6) is 6.07. The summed E-state index contributed by atoms with van der Waals surface area (Å²) >= 11 is 5.81. The molecule has 0 unspecified atom stereocenters. The first kappa shape index (κ1) is 10.9. The third kappa shape index (κ3) is 2.52. The second-order valence-electron chi connectivity index (χ2n) is 3.38. The molecular formula is C13H11ClN2. The van der Waals surface area contributed by atoms with Crippen molar-refractivity contribution in [2.75, 3.05) is 6.54 Å². The van der Waals surface area contributed by atoms with Gasteiger partial charge in [0.05, 0.1) is 5.52 Å². The number of benzene rings is 1. The fourth-order valence-electron chi connectivity index (χ4n) is 1.42. The molecule has 1 aromatic heterocycles. The molecular weight excluding hydrogens is 220 g/mol. The number of fused-ring (bicyclic) bond motifs is 1. The fraction of sp³-hybridized carbons (Fsp3) is 0.154. The van der Waals surface area contributed by atoms with E-state index < -0.39 is 0 Å². The summed E-state index contributed by atoms with van der Waals surface area (Å²) in [6, 6.07) is 9.59. The minimum absolute atomic E-state index is 0.509. The van der Waals surface area contributed by atoms with E-state index in [9.17, 15) is 0 Å². The van der Waals surface area contributed by atoms with Crippen molar-refractivity contribution < 1.29 is 0 Å². The van der Waals surface area contributed by atoms with Crippen LogP contribution in [0.2, 0.25) is 5.15 Å². The molecule has 0 bridgehead atoms. The molecule has 2 rings (SSSR count). The highest BCUT2D eigenvalue weighted by Crippen LogP contribution is 2.16. The van der Waals surface area contributed by atoms with Gasteiger partial charge in [0.1, 0.15) is 5.15 Å². The molecule has 2 nitrogen and oxygen atoms in total. The Balaban J connectivity index is 2.38. The van der Waals surface area contributed by atoms with E-state index in [0.717, 1.165) is 22.9 Å². The first-order valence-electron chi connectivity index (χ1n) is 5.05. The van der Waals surface area contributed by atoms with Gasteiger partial charge >= 0.3 is 0 Å². The molecule has 2 aromatic rings. The molecule has 0 aliphatic rings. The predicted octanol–water partition coefficient (Wildman–Crippen LogP) is 2.59. The molecule has 0 fully saturated rings. The Hall–Kier alpha value is -1.56. The van der Waals surface area contributed by atoms with Crippen molar-refractivity contribution in [3.8, 4) is 11.8 Å². The summed E-state index contributed by atoms with van der Waals surface area (Å²) in [5.41, 5.74) is 7.24. The second kappa shape index (κ2) is 4.98. The van der Waals surface area contributed by atoms with Gasteiger partial charge in [-0.2, -0.15) is 0 Å². The van der Waals surface area contributed by atoms with Gasteiger partial charge in [-0.15, -0.1) is 0 Å². The Morgan fingerprint density at radius 2 is 2.12 bits per heavy atom. The molecule has 0 aliphatic heterocycles. The van der Waals surface area contributed by atoms with Crippen molar-refractivity contribution >= 4 is 22.5 Å². The lowest BCUT2D eigenvalue weighted by molar-refractivity contribution is 1.03. The smallest absolute Gasteiger partial charge is 0.129 e. The molecule has 0 radical (unpaired) electrons. The number of aromatic nitrogens is 1. The van der Waals surface area contributed by atoms with E-state index in [1.54, 1.807) is 6.07 Å². The monoisotopic (exact) mass is 230 g/mol. The molecule has 0 aliphatic carbocycles. The number of nitrogens with zero attached hydrogens (tertiary/aromatic N) is 1. The number of pyridine rings is 1. The van der Waals surface area contributed by atoms with Crippen molar-refractivity contribution in [2.45, 2.75) is 6.42 Å². The molecule has 3 heteroatoms. The number of hydrogen-bond donors (Lipinski definition) is 1. The Kier molecular flexibility index (Phi) is 3.40. The molecule has 1 aromatic carbocycles. The van der Waals surface area contributed by atoms with Gasteiger partial charge in [0.25, 0.3) is 0 Å². The molecule has 0 amide bonds. The Morgan fingerprint density at radius 3 is 2.94 bits per heavy atom. The average molecular weight is 231 g/mol. The Labute approximate surface area is 99.4 Å². The quantitative estimate of drug-likeness (QED) is 0.604. The normalized spacial score (nSPS) is 9.88. The van der Waals surface area contributed by atoms with Crippen LogP contribution < -0.4 is 5.73 Å². The van der Waals surface area contributed by atoms with E-state index in [4.69, 9.17) is 17.3 Å². The molecule has 0 saturated carbocycles. The van der Waals surface area contributed by atoms with Crippen LogP contribution in [0.4, 0.5) is 0 Å². The van der Waals surface area contributed by atoms with Crippen molar-refractivity contribution in [1.29, 1.82) is 0 Å². The summed E-state index contributed by atoms with van der Waals surface area (Å²) in [4.78, 5) is 4.21. The number of rotatable bonds is 1. The van der Waals surface area contributed by atoms with Gasteiger partial charge in [-0.1, -0.05) is 23.4 Å². The van der Waals surface area contributed by atoms with Crippen molar-refractivity contribution in [3.05, 3.63) is 41.0 Å². The van der Waals surface area contributed by atoms with Crippen LogP contribution in [-0.2, 0) is 0 Å². The molecule has 0 saturated heterocycles. The highest BCUT2D eigenvalue weighted by molar-refractivity contribution is 6.29. The lowest BCUT2D eigenvalue weighted by Gasteiger charge is -1.98. The predicted molar refractivity (Wildman–Crippen MR) is 67.3 cm³/mol. The molecule has 16 heavy (non-hydrogen) atoms. The molecule has 80 valence electrons. The van der Waals surface area contributed by atoms with Crippen LogP contribution in [-0.4, -0.2) is 11.5 Å². The average Bonchev–Trinajstić information content (AvgIpc) is 2.29. The Morgan fingerprint density at radius 1 is 1.25 bits per heavy atom. The number of nitrogens with two attached hydrogens (primary N) is 1.